The molecule has 3 aromatic carbocycles. The predicted octanol–water partition coefficient (Wildman–Crippen LogP) is 3.28. The highest BCUT2D eigenvalue weighted by Crippen LogP contribution is 2.21. The molecule has 152 valence electrons. The SMILES string of the molecule is O=C(Cc1ccc([N+](=O)[O-])cc1)N1CCN(C(=O)c2cccc3ccccc23)CC1. The van der Waals surface area contributed by atoms with E-state index in [9.17, 15) is 19.7 Å². The average Bonchev–Trinajstić information content (AvgIpc) is 2.78. The molecule has 0 unspecified atom stereocenters. The van der Waals surface area contributed by atoms with Gasteiger partial charge in [0.25, 0.3) is 11.6 Å². The van der Waals surface area contributed by atoms with Crippen molar-refractivity contribution in [3.05, 3.63) is 88.0 Å². The molecule has 0 N–H and O–H groups in total. The second-order valence-corrected chi connectivity index (χ2v) is 7.30. The van der Waals surface area contributed by atoms with E-state index in [1.165, 1.54) is 12.1 Å². The fourth-order valence-electron chi connectivity index (χ4n) is 3.76. The molecule has 3 aromatic rings. The van der Waals surface area contributed by atoms with Crippen LogP contribution in [-0.4, -0.2) is 52.7 Å². The topological polar surface area (TPSA) is 83.8 Å². The molecule has 0 aliphatic carbocycles. The summed E-state index contributed by atoms with van der Waals surface area (Å²) in [5.41, 5.74) is 1.42. The van der Waals surface area contributed by atoms with E-state index in [0.717, 1.165) is 16.3 Å². The highest BCUT2D eigenvalue weighted by Gasteiger charge is 2.25. The zero-order valence-electron chi connectivity index (χ0n) is 16.4. The maximum atomic E-state index is 13.0. The largest absolute Gasteiger partial charge is 0.339 e. The van der Waals surface area contributed by atoms with E-state index in [0.29, 0.717) is 31.7 Å². The number of carbonyl (C=O) groups is 2. The van der Waals surface area contributed by atoms with E-state index in [2.05, 4.69) is 0 Å². The third-order valence-electron chi connectivity index (χ3n) is 5.44. The number of nitro groups is 1. The van der Waals surface area contributed by atoms with Crippen molar-refractivity contribution in [1.29, 1.82) is 0 Å². The minimum atomic E-state index is -0.461. The molecule has 1 aliphatic heterocycles. The lowest BCUT2D eigenvalue weighted by Gasteiger charge is -2.35. The Hall–Kier alpha value is -3.74. The molecule has 0 bridgehead atoms. The van der Waals surface area contributed by atoms with Gasteiger partial charge < -0.3 is 9.80 Å². The van der Waals surface area contributed by atoms with Crippen LogP contribution in [0.3, 0.4) is 0 Å². The zero-order chi connectivity index (χ0) is 21.1. The lowest BCUT2D eigenvalue weighted by Crippen LogP contribution is -2.51. The van der Waals surface area contributed by atoms with Crippen LogP contribution in [0.4, 0.5) is 5.69 Å². The molecule has 0 radical (unpaired) electrons. The normalized spacial score (nSPS) is 14.0. The molecule has 0 spiro atoms. The Labute approximate surface area is 173 Å². The lowest BCUT2D eigenvalue weighted by molar-refractivity contribution is -0.384. The van der Waals surface area contributed by atoms with Crippen LogP contribution in [0.5, 0.6) is 0 Å². The Morgan fingerprint density at radius 1 is 0.833 bits per heavy atom. The highest BCUT2D eigenvalue weighted by atomic mass is 16.6. The quantitative estimate of drug-likeness (QED) is 0.494. The van der Waals surface area contributed by atoms with Crippen molar-refractivity contribution in [3.8, 4) is 0 Å². The Bertz CT molecular complexity index is 1100. The van der Waals surface area contributed by atoms with Gasteiger partial charge in [0, 0.05) is 43.9 Å². The van der Waals surface area contributed by atoms with Crippen LogP contribution in [0.2, 0.25) is 0 Å². The van der Waals surface area contributed by atoms with Gasteiger partial charge in [-0.05, 0) is 22.4 Å². The zero-order valence-corrected chi connectivity index (χ0v) is 16.4. The van der Waals surface area contributed by atoms with Crippen molar-refractivity contribution >= 4 is 28.3 Å². The van der Waals surface area contributed by atoms with Gasteiger partial charge in [-0.1, -0.05) is 48.5 Å². The van der Waals surface area contributed by atoms with E-state index >= 15 is 0 Å². The van der Waals surface area contributed by atoms with Crippen molar-refractivity contribution < 1.29 is 14.5 Å². The number of amides is 2. The second kappa shape index (κ2) is 8.32. The fraction of sp³-hybridized carbons (Fsp3) is 0.217. The second-order valence-electron chi connectivity index (χ2n) is 7.30. The monoisotopic (exact) mass is 403 g/mol. The number of piperazine rings is 1. The van der Waals surface area contributed by atoms with E-state index in [-0.39, 0.29) is 23.9 Å². The third-order valence-corrected chi connectivity index (χ3v) is 5.44. The maximum absolute atomic E-state index is 13.0. The molecule has 1 heterocycles. The standard InChI is InChI=1S/C23H21N3O4/c27-22(16-17-8-10-19(11-9-17)26(29)30)24-12-14-25(15-13-24)23(28)21-7-3-5-18-4-1-2-6-20(18)21/h1-11H,12-16H2. The summed E-state index contributed by atoms with van der Waals surface area (Å²) in [6, 6.07) is 19.6. The number of nitrogens with zero attached hydrogens (tertiary/aromatic N) is 3. The number of non-ortho nitro benzene ring substituents is 1. The molecular formula is C23H21N3O4. The first kappa shape index (κ1) is 19.6. The number of nitro benzene ring substituents is 1. The number of hydrogen-bond donors (Lipinski definition) is 0. The summed E-state index contributed by atoms with van der Waals surface area (Å²) in [4.78, 5) is 39.4. The van der Waals surface area contributed by atoms with E-state index < -0.39 is 4.92 Å². The Morgan fingerprint density at radius 2 is 1.47 bits per heavy atom. The first-order valence-electron chi connectivity index (χ1n) is 9.81. The van der Waals surface area contributed by atoms with Gasteiger partial charge in [0.05, 0.1) is 11.3 Å². The first-order valence-corrected chi connectivity index (χ1v) is 9.81. The number of fused-ring (bicyclic) bond motifs is 1. The Kier molecular flexibility index (Phi) is 5.43. The first-order chi connectivity index (χ1) is 14.5. The van der Waals surface area contributed by atoms with Gasteiger partial charge in [-0.2, -0.15) is 0 Å². The van der Waals surface area contributed by atoms with Gasteiger partial charge in [-0.25, -0.2) is 0 Å². The molecule has 1 fully saturated rings. The molecule has 7 nitrogen and oxygen atoms in total. The van der Waals surface area contributed by atoms with Crippen molar-refractivity contribution in [2.24, 2.45) is 0 Å². The summed E-state index contributed by atoms with van der Waals surface area (Å²) in [7, 11) is 0. The Morgan fingerprint density at radius 3 is 2.17 bits per heavy atom. The van der Waals surface area contributed by atoms with E-state index in [1.807, 2.05) is 42.5 Å². The van der Waals surface area contributed by atoms with Gasteiger partial charge in [0.2, 0.25) is 5.91 Å². The fourth-order valence-corrected chi connectivity index (χ4v) is 3.76. The Balaban J connectivity index is 1.38. The molecule has 30 heavy (non-hydrogen) atoms. The average molecular weight is 403 g/mol. The number of hydrogen-bond acceptors (Lipinski definition) is 4. The number of benzene rings is 3. The molecular weight excluding hydrogens is 382 g/mol. The van der Waals surface area contributed by atoms with Gasteiger partial charge in [0.1, 0.15) is 0 Å². The summed E-state index contributed by atoms with van der Waals surface area (Å²) in [6.07, 6.45) is 0.190. The molecule has 2 amide bonds. The number of carbonyl (C=O) groups excluding carboxylic acids is 2. The maximum Gasteiger partial charge on any atom is 0.269 e. The van der Waals surface area contributed by atoms with Crippen LogP contribution < -0.4 is 0 Å². The summed E-state index contributed by atoms with van der Waals surface area (Å²) < 4.78 is 0. The summed E-state index contributed by atoms with van der Waals surface area (Å²) in [5, 5.41) is 12.7. The molecule has 7 heteroatoms. The minimum Gasteiger partial charge on any atom is -0.339 e. The molecule has 0 saturated carbocycles. The van der Waals surface area contributed by atoms with Gasteiger partial charge in [-0.3, -0.25) is 19.7 Å². The van der Waals surface area contributed by atoms with E-state index in [1.54, 1.807) is 21.9 Å². The smallest absolute Gasteiger partial charge is 0.269 e. The molecule has 0 aromatic heterocycles. The molecule has 0 atom stereocenters. The van der Waals surface area contributed by atoms with Crippen LogP contribution in [-0.2, 0) is 11.2 Å². The van der Waals surface area contributed by atoms with Crippen molar-refractivity contribution in [3.63, 3.8) is 0 Å². The van der Waals surface area contributed by atoms with Gasteiger partial charge >= 0.3 is 0 Å². The third kappa shape index (κ3) is 4.00. The highest BCUT2D eigenvalue weighted by molar-refractivity contribution is 6.07. The van der Waals surface area contributed by atoms with Gasteiger partial charge in [-0.15, -0.1) is 0 Å². The molecule has 4 rings (SSSR count). The molecule has 1 aliphatic rings. The predicted molar refractivity (Wildman–Crippen MR) is 113 cm³/mol. The summed E-state index contributed by atoms with van der Waals surface area (Å²) in [5.74, 6) is -0.0598. The van der Waals surface area contributed by atoms with Crippen molar-refractivity contribution in [2.45, 2.75) is 6.42 Å². The van der Waals surface area contributed by atoms with Gasteiger partial charge in [0.15, 0.2) is 0 Å². The van der Waals surface area contributed by atoms with Crippen molar-refractivity contribution in [1.82, 2.24) is 9.80 Å². The summed E-state index contributed by atoms with van der Waals surface area (Å²) >= 11 is 0. The summed E-state index contributed by atoms with van der Waals surface area (Å²) in [6.45, 7) is 1.91. The van der Waals surface area contributed by atoms with E-state index in [4.69, 9.17) is 0 Å². The molecule has 1 saturated heterocycles. The van der Waals surface area contributed by atoms with Crippen LogP contribution in [0.25, 0.3) is 10.8 Å². The van der Waals surface area contributed by atoms with Crippen LogP contribution in [0.1, 0.15) is 15.9 Å². The lowest BCUT2D eigenvalue weighted by atomic mass is 10.0. The number of rotatable bonds is 4. The van der Waals surface area contributed by atoms with Crippen LogP contribution in [0.15, 0.2) is 66.7 Å². The van der Waals surface area contributed by atoms with Crippen LogP contribution in [0, 0.1) is 10.1 Å². The van der Waals surface area contributed by atoms with Crippen molar-refractivity contribution in [2.75, 3.05) is 26.2 Å². The van der Waals surface area contributed by atoms with Crippen LogP contribution >= 0.6 is 0 Å². The minimum absolute atomic E-state index is 0.00626.